The van der Waals surface area contributed by atoms with Crippen LogP contribution in [0.3, 0.4) is 0 Å². The summed E-state index contributed by atoms with van der Waals surface area (Å²) in [6, 6.07) is 0. The SMILES string of the molecule is C=CCCC1(C=O)CCC(C)C1. The average Bonchev–Trinajstić information content (AvgIpc) is 2.45. The Hall–Kier alpha value is -0.590. The van der Waals surface area contributed by atoms with Gasteiger partial charge in [-0.3, -0.25) is 0 Å². The molecule has 1 aliphatic carbocycles. The summed E-state index contributed by atoms with van der Waals surface area (Å²) in [5, 5.41) is 0. The summed E-state index contributed by atoms with van der Waals surface area (Å²) in [6.45, 7) is 5.93. The Kier molecular flexibility index (Phi) is 3.07. The van der Waals surface area contributed by atoms with Crippen LogP contribution in [0, 0.1) is 11.3 Å². The van der Waals surface area contributed by atoms with E-state index in [4.69, 9.17) is 0 Å². The second-order valence-electron chi connectivity index (χ2n) is 4.16. The van der Waals surface area contributed by atoms with Crippen molar-refractivity contribution in [2.24, 2.45) is 11.3 Å². The van der Waals surface area contributed by atoms with E-state index in [0.29, 0.717) is 0 Å². The summed E-state index contributed by atoms with van der Waals surface area (Å²) in [5.74, 6) is 0.736. The first-order chi connectivity index (χ1) is 5.72. The van der Waals surface area contributed by atoms with Gasteiger partial charge < -0.3 is 4.79 Å². The van der Waals surface area contributed by atoms with Crippen molar-refractivity contribution in [1.82, 2.24) is 0 Å². The molecule has 1 heteroatoms. The molecule has 1 nitrogen and oxygen atoms in total. The molecule has 0 bridgehead atoms. The summed E-state index contributed by atoms with van der Waals surface area (Å²) in [6.07, 6.45) is 8.47. The van der Waals surface area contributed by atoms with Gasteiger partial charge in [0, 0.05) is 5.41 Å². The van der Waals surface area contributed by atoms with Crippen molar-refractivity contribution in [3.63, 3.8) is 0 Å². The summed E-state index contributed by atoms with van der Waals surface area (Å²) >= 11 is 0. The third-order valence-electron chi connectivity index (χ3n) is 2.99. The van der Waals surface area contributed by atoms with Crippen LogP contribution < -0.4 is 0 Å². The highest BCUT2D eigenvalue weighted by molar-refractivity contribution is 5.60. The second kappa shape index (κ2) is 3.88. The number of rotatable bonds is 4. The van der Waals surface area contributed by atoms with Crippen molar-refractivity contribution in [1.29, 1.82) is 0 Å². The van der Waals surface area contributed by atoms with Crippen LogP contribution in [-0.4, -0.2) is 6.29 Å². The van der Waals surface area contributed by atoms with E-state index in [9.17, 15) is 4.79 Å². The van der Waals surface area contributed by atoms with Crippen LogP contribution in [0.4, 0.5) is 0 Å². The minimum atomic E-state index is 0.00755. The second-order valence-corrected chi connectivity index (χ2v) is 4.16. The molecular formula is C11H18O. The Balaban J connectivity index is 2.51. The Labute approximate surface area is 74.9 Å². The zero-order valence-electron chi connectivity index (χ0n) is 7.88. The zero-order chi connectivity index (χ0) is 9.03. The lowest BCUT2D eigenvalue weighted by Crippen LogP contribution is -2.18. The van der Waals surface area contributed by atoms with E-state index in [1.165, 1.54) is 12.7 Å². The Bertz CT molecular complexity index is 174. The minimum Gasteiger partial charge on any atom is -0.303 e. The fourth-order valence-electron chi connectivity index (χ4n) is 2.21. The fourth-order valence-corrected chi connectivity index (χ4v) is 2.21. The van der Waals surface area contributed by atoms with Crippen LogP contribution in [0.2, 0.25) is 0 Å². The van der Waals surface area contributed by atoms with E-state index in [-0.39, 0.29) is 5.41 Å². The maximum atomic E-state index is 10.9. The van der Waals surface area contributed by atoms with Gasteiger partial charge in [-0.05, 0) is 38.0 Å². The molecule has 0 aromatic rings. The molecule has 1 rings (SSSR count). The van der Waals surface area contributed by atoms with E-state index in [1.54, 1.807) is 0 Å². The molecule has 1 aliphatic rings. The molecule has 1 fully saturated rings. The largest absolute Gasteiger partial charge is 0.303 e. The van der Waals surface area contributed by atoms with Crippen molar-refractivity contribution in [3.05, 3.63) is 12.7 Å². The number of carbonyl (C=O) groups is 1. The summed E-state index contributed by atoms with van der Waals surface area (Å²) in [4.78, 5) is 10.9. The smallest absolute Gasteiger partial charge is 0.126 e. The molecule has 0 aromatic heterocycles. The Morgan fingerprint density at radius 2 is 2.42 bits per heavy atom. The van der Waals surface area contributed by atoms with Gasteiger partial charge in [0.25, 0.3) is 0 Å². The normalized spacial score (nSPS) is 34.9. The van der Waals surface area contributed by atoms with Crippen LogP contribution >= 0.6 is 0 Å². The Morgan fingerprint density at radius 1 is 1.67 bits per heavy atom. The van der Waals surface area contributed by atoms with Gasteiger partial charge in [-0.1, -0.05) is 13.0 Å². The van der Waals surface area contributed by atoms with Crippen molar-refractivity contribution < 1.29 is 4.79 Å². The third kappa shape index (κ3) is 1.96. The van der Waals surface area contributed by atoms with Crippen LogP contribution in [0.5, 0.6) is 0 Å². The predicted molar refractivity (Wildman–Crippen MR) is 50.9 cm³/mol. The first-order valence-corrected chi connectivity index (χ1v) is 4.80. The summed E-state index contributed by atoms with van der Waals surface area (Å²) in [7, 11) is 0. The number of hydrogen-bond acceptors (Lipinski definition) is 1. The zero-order valence-corrected chi connectivity index (χ0v) is 7.88. The molecule has 0 radical (unpaired) electrons. The molecule has 1 saturated carbocycles. The molecule has 0 amide bonds. The van der Waals surface area contributed by atoms with Gasteiger partial charge in [-0.25, -0.2) is 0 Å². The molecule has 2 atom stereocenters. The van der Waals surface area contributed by atoms with E-state index in [0.717, 1.165) is 31.6 Å². The monoisotopic (exact) mass is 166 g/mol. The molecule has 0 saturated heterocycles. The molecule has 0 heterocycles. The number of allylic oxidation sites excluding steroid dienone is 1. The summed E-state index contributed by atoms with van der Waals surface area (Å²) < 4.78 is 0. The lowest BCUT2D eigenvalue weighted by molar-refractivity contribution is -0.116. The number of carbonyl (C=O) groups excluding carboxylic acids is 1. The minimum absolute atomic E-state index is 0.00755. The lowest BCUT2D eigenvalue weighted by atomic mass is 9.82. The Morgan fingerprint density at radius 3 is 2.83 bits per heavy atom. The topological polar surface area (TPSA) is 17.1 Å². The van der Waals surface area contributed by atoms with Gasteiger partial charge in [0.1, 0.15) is 6.29 Å². The standard InChI is InChI=1S/C11H18O/c1-3-4-6-11(9-12)7-5-10(2)8-11/h3,9-10H,1,4-8H2,2H3. The maximum absolute atomic E-state index is 10.9. The highest BCUT2D eigenvalue weighted by Gasteiger charge is 2.36. The van der Waals surface area contributed by atoms with Gasteiger partial charge in [-0.2, -0.15) is 0 Å². The molecule has 12 heavy (non-hydrogen) atoms. The van der Waals surface area contributed by atoms with Gasteiger partial charge in [0.05, 0.1) is 0 Å². The van der Waals surface area contributed by atoms with Gasteiger partial charge in [-0.15, -0.1) is 6.58 Å². The average molecular weight is 166 g/mol. The highest BCUT2D eigenvalue weighted by Crippen LogP contribution is 2.43. The first-order valence-electron chi connectivity index (χ1n) is 4.80. The first kappa shape index (κ1) is 9.50. The fraction of sp³-hybridized carbons (Fsp3) is 0.727. The molecule has 0 aliphatic heterocycles. The van der Waals surface area contributed by atoms with Crippen molar-refractivity contribution in [3.8, 4) is 0 Å². The number of hydrogen-bond donors (Lipinski definition) is 0. The van der Waals surface area contributed by atoms with Crippen LogP contribution in [-0.2, 0) is 4.79 Å². The summed E-state index contributed by atoms with van der Waals surface area (Å²) in [5.41, 5.74) is 0.00755. The van der Waals surface area contributed by atoms with Crippen LogP contribution in [0.25, 0.3) is 0 Å². The predicted octanol–water partition coefficient (Wildman–Crippen LogP) is 2.96. The molecule has 2 unspecified atom stereocenters. The van der Waals surface area contributed by atoms with E-state index in [1.807, 2.05) is 6.08 Å². The van der Waals surface area contributed by atoms with Crippen LogP contribution in [0.1, 0.15) is 39.0 Å². The lowest BCUT2D eigenvalue weighted by Gasteiger charge is -2.20. The van der Waals surface area contributed by atoms with Gasteiger partial charge in [0.15, 0.2) is 0 Å². The van der Waals surface area contributed by atoms with E-state index >= 15 is 0 Å². The highest BCUT2D eigenvalue weighted by atomic mass is 16.1. The number of aldehydes is 1. The van der Waals surface area contributed by atoms with Crippen molar-refractivity contribution in [2.45, 2.75) is 39.0 Å². The van der Waals surface area contributed by atoms with Crippen molar-refractivity contribution >= 4 is 6.29 Å². The molecular weight excluding hydrogens is 148 g/mol. The third-order valence-corrected chi connectivity index (χ3v) is 2.99. The van der Waals surface area contributed by atoms with E-state index in [2.05, 4.69) is 13.5 Å². The molecule has 0 N–H and O–H groups in total. The van der Waals surface area contributed by atoms with Gasteiger partial charge in [0.2, 0.25) is 0 Å². The van der Waals surface area contributed by atoms with Gasteiger partial charge >= 0.3 is 0 Å². The molecule has 0 aromatic carbocycles. The van der Waals surface area contributed by atoms with Crippen LogP contribution in [0.15, 0.2) is 12.7 Å². The van der Waals surface area contributed by atoms with Crippen molar-refractivity contribution in [2.75, 3.05) is 0 Å². The maximum Gasteiger partial charge on any atom is 0.126 e. The van der Waals surface area contributed by atoms with E-state index < -0.39 is 0 Å². The molecule has 68 valence electrons. The quantitative estimate of drug-likeness (QED) is 0.463. The molecule has 0 spiro atoms.